The van der Waals surface area contributed by atoms with E-state index in [1.165, 1.54) is 0 Å². The molecule has 0 fully saturated rings. The molecule has 0 spiro atoms. The molecule has 120 valence electrons. The van der Waals surface area contributed by atoms with Crippen molar-refractivity contribution in [1.82, 2.24) is 10.3 Å². The number of nitrogens with zero attached hydrogens (tertiary/aromatic N) is 1. The summed E-state index contributed by atoms with van der Waals surface area (Å²) in [5.74, 6) is -0.714. The first-order chi connectivity index (χ1) is 9.60. The molecule has 0 unspecified atom stereocenters. The van der Waals surface area contributed by atoms with Gasteiger partial charge in [0.05, 0.1) is 5.69 Å². The van der Waals surface area contributed by atoms with Gasteiger partial charge in [-0.3, -0.25) is 4.79 Å². The fraction of sp³-hybridized carbons (Fsp3) is 0.750. The lowest BCUT2D eigenvalue weighted by Crippen LogP contribution is -2.23. The average Bonchev–Trinajstić information content (AvgIpc) is 2.81. The second kappa shape index (κ2) is 7.36. The first-order valence-corrected chi connectivity index (χ1v) is 8.35. The monoisotopic (exact) mass is 312 g/mol. The van der Waals surface area contributed by atoms with Gasteiger partial charge in [-0.15, -0.1) is 11.3 Å². The number of hydrogen-bond donors (Lipinski definition) is 2. The van der Waals surface area contributed by atoms with Crippen molar-refractivity contribution in [1.29, 1.82) is 0 Å². The summed E-state index contributed by atoms with van der Waals surface area (Å²) in [4.78, 5) is 15.3. The molecular weight excluding hydrogens is 284 g/mol. The topological polar surface area (TPSA) is 62.2 Å². The number of aromatic nitrogens is 1. The minimum atomic E-state index is -0.714. The molecule has 0 aliphatic rings. The molecule has 1 rings (SSSR count). The molecule has 0 aliphatic heterocycles. The van der Waals surface area contributed by atoms with Crippen LogP contribution in [-0.4, -0.2) is 22.6 Å². The molecule has 1 aromatic heterocycles. The van der Waals surface area contributed by atoms with E-state index in [0.717, 1.165) is 36.6 Å². The summed E-state index contributed by atoms with van der Waals surface area (Å²) in [6.45, 7) is 12.4. The first kappa shape index (κ1) is 18.1. The number of carboxylic acid groups (broad SMARTS) is 1. The Balaban J connectivity index is 2.31. The van der Waals surface area contributed by atoms with Gasteiger partial charge in [-0.25, -0.2) is 4.98 Å². The summed E-state index contributed by atoms with van der Waals surface area (Å²) in [6, 6.07) is 0. The van der Waals surface area contributed by atoms with Gasteiger partial charge < -0.3 is 10.4 Å². The molecule has 0 amide bonds. The van der Waals surface area contributed by atoms with Gasteiger partial charge in [0.1, 0.15) is 5.01 Å². The van der Waals surface area contributed by atoms with E-state index < -0.39 is 5.97 Å². The average molecular weight is 312 g/mol. The van der Waals surface area contributed by atoms with E-state index in [1.54, 1.807) is 11.3 Å². The lowest BCUT2D eigenvalue weighted by molar-refractivity contribution is -0.137. The molecule has 5 heteroatoms. The van der Waals surface area contributed by atoms with Gasteiger partial charge in [0, 0.05) is 23.8 Å². The smallest absolute Gasteiger partial charge is 0.303 e. The highest BCUT2D eigenvalue weighted by Crippen LogP contribution is 2.26. The molecule has 0 saturated carbocycles. The van der Waals surface area contributed by atoms with Crippen LogP contribution in [0.2, 0.25) is 0 Å². The lowest BCUT2D eigenvalue weighted by Gasteiger charge is -2.23. The van der Waals surface area contributed by atoms with Crippen molar-refractivity contribution in [3.8, 4) is 0 Å². The zero-order valence-electron chi connectivity index (χ0n) is 13.8. The van der Waals surface area contributed by atoms with Crippen LogP contribution >= 0.6 is 11.3 Å². The van der Waals surface area contributed by atoms with Crippen LogP contribution in [0, 0.1) is 5.41 Å². The van der Waals surface area contributed by atoms with Crippen LogP contribution in [0.5, 0.6) is 0 Å². The molecule has 1 heterocycles. The van der Waals surface area contributed by atoms with Crippen molar-refractivity contribution in [3.05, 3.63) is 16.1 Å². The summed E-state index contributed by atoms with van der Waals surface area (Å²) in [5.41, 5.74) is 1.31. The second-order valence-corrected chi connectivity index (χ2v) is 8.30. The van der Waals surface area contributed by atoms with Crippen molar-refractivity contribution in [2.45, 2.75) is 65.8 Å². The second-order valence-electron chi connectivity index (χ2n) is 7.36. The number of thiazole rings is 1. The molecule has 0 aromatic carbocycles. The zero-order chi connectivity index (χ0) is 16.1. The predicted molar refractivity (Wildman–Crippen MR) is 87.8 cm³/mol. The fourth-order valence-electron chi connectivity index (χ4n) is 1.93. The first-order valence-electron chi connectivity index (χ1n) is 7.47. The number of rotatable bonds is 8. The zero-order valence-corrected chi connectivity index (χ0v) is 14.6. The Morgan fingerprint density at radius 3 is 2.48 bits per heavy atom. The molecule has 4 nitrogen and oxygen atoms in total. The molecule has 0 aliphatic carbocycles. The maximum Gasteiger partial charge on any atom is 0.303 e. The maximum absolute atomic E-state index is 10.6. The van der Waals surface area contributed by atoms with E-state index in [0.29, 0.717) is 0 Å². The Morgan fingerprint density at radius 1 is 1.29 bits per heavy atom. The van der Waals surface area contributed by atoms with Gasteiger partial charge in [-0.05, 0) is 24.8 Å². The van der Waals surface area contributed by atoms with Crippen LogP contribution in [0.15, 0.2) is 5.38 Å². The van der Waals surface area contributed by atoms with Gasteiger partial charge in [-0.1, -0.05) is 34.6 Å². The van der Waals surface area contributed by atoms with Crippen molar-refractivity contribution in [2.75, 3.05) is 6.54 Å². The van der Waals surface area contributed by atoms with E-state index in [4.69, 9.17) is 5.11 Å². The molecule has 0 radical (unpaired) electrons. The van der Waals surface area contributed by atoms with E-state index >= 15 is 0 Å². The third kappa shape index (κ3) is 7.05. The largest absolute Gasteiger partial charge is 0.481 e. The van der Waals surface area contributed by atoms with Crippen LogP contribution in [0.4, 0.5) is 0 Å². The normalized spacial score (nSPS) is 12.6. The molecule has 0 atom stereocenters. The van der Waals surface area contributed by atoms with Gasteiger partial charge in [0.2, 0.25) is 0 Å². The van der Waals surface area contributed by atoms with Crippen LogP contribution in [0.3, 0.4) is 0 Å². The van der Waals surface area contributed by atoms with Crippen LogP contribution < -0.4 is 5.32 Å². The summed E-state index contributed by atoms with van der Waals surface area (Å²) < 4.78 is 0. The lowest BCUT2D eigenvalue weighted by atomic mass is 9.84. The number of nitrogens with one attached hydrogen (secondary N) is 1. The third-order valence-electron chi connectivity index (χ3n) is 3.59. The van der Waals surface area contributed by atoms with Crippen LogP contribution in [-0.2, 0) is 16.8 Å². The van der Waals surface area contributed by atoms with E-state index in [1.807, 2.05) is 0 Å². The van der Waals surface area contributed by atoms with E-state index in [2.05, 4.69) is 50.3 Å². The summed E-state index contributed by atoms with van der Waals surface area (Å²) in [6.07, 6.45) is 1.93. The quantitative estimate of drug-likeness (QED) is 0.717. The molecule has 0 bridgehead atoms. The van der Waals surface area contributed by atoms with E-state index in [-0.39, 0.29) is 17.3 Å². The highest BCUT2D eigenvalue weighted by molar-refractivity contribution is 7.09. The number of carbonyl (C=O) groups is 1. The summed E-state index contributed by atoms with van der Waals surface area (Å²) in [7, 11) is 0. The minimum Gasteiger partial charge on any atom is -0.481 e. The predicted octanol–water partition coefficient (Wildman–Crippen LogP) is 3.81. The molecule has 0 saturated heterocycles. The minimum absolute atomic E-state index is 0.0604. The number of carboxylic acids is 1. The van der Waals surface area contributed by atoms with Crippen molar-refractivity contribution >= 4 is 17.3 Å². The SMILES string of the molecule is CC(C)(CCNCc1nc(C(C)(C)C)cs1)CCC(=O)O. The summed E-state index contributed by atoms with van der Waals surface area (Å²) in [5, 5.41) is 15.4. The highest BCUT2D eigenvalue weighted by atomic mass is 32.1. The van der Waals surface area contributed by atoms with Crippen molar-refractivity contribution < 1.29 is 9.90 Å². The summed E-state index contributed by atoms with van der Waals surface area (Å²) >= 11 is 1.70. The standard InChI is InChI=1S/C16H28N2O2S/c1-15(2,3)12-11-21-13(18-12)10-17-9-8-16(4,5)7-6-14(19)20/h11,17H,6-10H2,1-5H3,(H,19,20). The molecular formula is C16H28N2O2S. The third-order valence-corrected chi connectivity index (χ3v) is 4.44. The maximum atomic E-state index is 10.6. The molecule has 1 aromatic rings. The highest BCUT2D eigenvalue weighted by Gasteiger charge is 2.19. The molecule has 21 heavy (non-hydrogen) atoms. The fourth-order valence-corrected chi connectivity index (χ4v) is 2.92. The van der Waals surface area contributed by atoms with Gasteiger partial charge in [0.15, 0.2) is 0 Å². The molecule has 2 N–H and O–H groups in total. The van der Waals surface area contributed by atoms with Gasteiger partial charge in [0.25, 0.3) is 0 Å². The number of hydrogen-bond acceptors (Lipinski definition) is 4. The van der Waals surface area contributed by atoms with Crippen LogP contribution in [0.1, 0.15) is 64.6 Å². The van der Waals surface area contributed by atoms with Crippen LogP contribution in [0.25, 0.3) is 0 Å². The number of aliphatic carboxylic acids is 1. The van der Waals surface area contributed by atoms with Crippen molar-refractivity contribution in [3.63, 3.8) is 0 Å². The Morgan fingerprint density at radius 2 is 1.95 bits per heavy atom. The van der Waals surface area contributed by atoms with Gasteiger partial charge in [-0.2, -0.15) is 0 Å². The Hall–Kier alpha value is -0.940. The Labute approximate surface area is 132 Å². The van der Waals surface area contributed by atoms with Crippen molar-refractivity contribution in [2.24, 2.45) is 5.41 Å². The van der Waals surface area contributed by atoms with Gasteiger partial charge >= 0.3 is 5.97 Å². The Kier molecular flexibility index (Phi) is 6.35. The van der Waals surface area contributed by atoms with E-state index in [9.17, 15) is 4.79 Å². The Bertz CT molecular complexity index is 461.